The lowest BCUT2D eigenvalue weighted by atomic mass is 9.95. The van der Waals surface area contributed by atoms with Gasteiger partial charge in [0.25, 0.3) is 0 Å². The predicted molar refractivity (Wildman–Crippen MR) is 64.1 cm³/mol. The van der Waals surface area contributed by atoms with Crippen LogP contribution in [0.15, 0.2) is 18.3 Å². The number of carboxylic acid groups (broad SMARTS) is 1. The van der Waals surface area contributed by atoms with Gasteiger partial charge in [-0.2, -0.15) is 0 Å². The quantitative estimate of drug-likeness (QED) is 0.840. The van der Waals surface area contributed by atoms with E-state index in [1.165, 1.54) is 31.7 Å². The van der Waals surface area contributed by atoms with Crippen LogP contribution >= 0.6 is 0 Å². The second-order valence-corrected chi connectivity index (χ2v) is 5.16. The van der Waals surface area contributed by atoms with E-state index in [0.29, 0.717) is 17.4 Å². The summed E-state index contributed by atoms with van der Waals surface area (Å²) < 4.78 is 0. The molecule has 17 heavy (non-hydrogen) atoms. The van der Waals surface area contributed by atoms with Crippen molar-refractivity contribution in [1.82, 2.24) is 4.98 Å². The lowest BCUT2D eigenvalue weighted by molar-refractivity contribution is 0.0697. The van der Waals surface area contributed by atoms with E-state index in [1.54, 1.807) is 12.3 Å². The Morgan fingerprint density at radius 2 is 2.29 bits per heavy atom. The van der Waals surface area contributed by atoms with Crippen LogP contribution in [0.5, 0.6) is 0 Å². The van der Waals surface area contributed by atoms with Crippen LogP contribution in [0.4, 0.5) is 5.82 Å². The Morgan fingerprint density at radius 1 is 1.41 bits per heavy atom. The highest BCUT2D eigenvalue weighted by Crippen LogP contribution is 2.45. The molecule has 1 aromatic heterocycles. The minimum absolute atomic E-state index is 0.297. The summed E-state index contributed by atoms with van der Waals surface area (Å²) in [6.07, 6.45) is 6.77. The average Bonchev–Trinajstić information content (AvgIpc) is 2.91. The van der Waals surface area contributed by atoms with Crippen LogP contribution in [0, 0.1) is 11.8 Å². The summed E-state index contributed by atoms with van der Waals surface area (Å²) in [4.78, 5) is 15.1. The number of nitrogens with zero attached hydrogens (tertiary/aromatic N) is 1. The fourth-order valence-electron chi connectivity index (χ4n) is 3.25. The number of hydrogen-bond donors (Lipinski definition) is 2. The van der Waals surface area contributed by atoms with Gasteiger partial charge in [0.05, 0.1) is 5.56 Å². The molecule has 1 heterocycles. The second kappa shape index (κ2) is 4.02. The van der Waals surface area contributed by atoms with E-state index < -0.39 is 5.97 Å². The summed E-state index contributed by atoms with van der Waals surface area (Å²) >= 11 is 0. The van der Waals surface area contributed by atoms with E-state index in [1.807, 2.05) is 0 Å². The standard InChI is InChI=1S/C13H16N2O2/c16-13(17)10-3-4-14-12(7-10)15-11-6-8-1-2-9(11)5-8/h3-4,7-9,11H,1-2,5-6H2,(H,14,15)(H,16,17). The third kappa shape index (κ3) is 1.99. The predicted octanol–water partition coefficient (Wildman–Crippen LogP) is 2.38. The number of anilines is 1. The van der Waals surface area contributed by atoms with Crippen LogP contribution in [0.2, 0.25) is 0 Å². The van der Waals surface area contributed by atoms with Crippen molar-refractivity contribution in [2.45, 2.75) is 31.7 Å². The molecule has 4 heteroatoms. The summed E-state index contributed by atoms with van der Waals surface area (Å²) in [5, 5.41) is 12.3. The summed E-state index contributed by atoms with van der Waals surface area (Å²) in [5.41, 5.74) is 0.297. The zero-order valence-electron chi connectivity index (χ0n) is 9.60. The largest absolute Gasteiger partial charge is 0.478 e. The molecule has 0 saturated heterocycles. The van der Waals surface area contributed by atoms with Gasteiger partial charge in [0, 0.05) is 12.2 Å². The van der Waals surface area contributed by atoms with Crippen molar-refractivity contribution in [3.8, 4) is 0 Å². The van der Waals surface area contributed by atoms with Crippen molar-refractivity contribution in [3.63, 3.8) is 0 Å². The zero-order chi connectivity index (χ0) is 11.8. The summed E-state index contributed by atoms with van der Waals surface area (Å²) in [7, 11) is 0. The number of carboxylic acids is 1. The van der Waals surface area contributed by atoms with Crippen LogP contribution in [-0.4, -0.2) is 22.1 Å². The smallest absolute Gasteiger partial charge is 0.335 e. The first-order valence-electron chi connectivity index (χ1n) is 6.18. The maximum absolute atomic E-state index is 10.9. The first-order valence-corrected chi connectivity index (χ1v) is 6.18. The molecule has 2 aliphatic rings. The summed E-state index contributed by atoms with van der Waals surface area (Å²) in [5.74, 6) is 1.43. The van der Waals surface area contributed by atoms with Crippen molar-refractivity contribution < 1.29 is 9.90 Å². The van der Waals surface area contributed by atoms with Gasteiger partial charge in [0.1, 0.15) is 5.82 Å². The molecular weight excluding hydrogens is 216 g/mol. The van der Waals surface area contributed by atoms with E-state index in [4.69, 9.17) is 5.11 Å². The lowest BCUT2D eigenvalue weighted by Gasteiger charge is -2.23. The topological polar surface area (TPSA) is 62.2 Å². The maximum atomic E-state index is 10.9. The Morgan fingerprint density at radius 3 is 2.94 bits per heavy atom. The summed E-state index contributed by atoms with van der Waals surface area (Å²) in [6, 6.07) is 3.63. The Kier molecular flexibility index (Phi) is 2.50. The molecule has 0 spiro atoms. The molecule has 1 aromatic rings. The number of aromatic nitrogens is 1. The van der Waals surface area contributed by atoms with Crippen LogP contribution in [0.1, 0.15) is 36.0 Å². The number of hydrogen-bond acceptors (Lipinski definition) is 3. The molecule has 90 valence electrons. The Labute approximate surface area is 100 Å². The Bertz CT molecular complexity index is 447. The molecule has 2 aliphatic carbocycles. The van der Waals surface area contributed by atoms with Gasteiger partial charge in [-0.3, -0.25) is 0 Å². The van der Waals surface area contributed by atoms with Crippen LogP contribution < -0.4 is 5.32 Å². The highest BCUT2D eigenvalue weighted by atomic mass is 16.4. The SMILES string of the molecule is O=C(O)c1ccnc(NC2CC3CCC2C3)c1. The van der Waals surface area contributed by atoms with Crippen molar-refractivity contribution in [2.75, 3.05) is 5.32 Å². The Hall–Kier alpha value is -1.58. The van der Waals surface area contributed by atoms with Crippen molar-refractivity contribution in [1.29, 1.82) is 0 Å². The van der Waals surface area contributed by atoms with Gasteiger partial charge in [-0.15, -0.1) is 0 Å². The highest BCUT2D eigenvalue weighted by Gasteiger charge is 2.39. The van der Waals surface area contributed by atoms with Gasteiger partial charge >= 0.3 is 5.97 Å². The van der Waals surface area contributed by atoms with Crippen molar-refractivity contribution in [2.24, 2.45) is 11.8 Å². The number of aromatic carboxylic acids is 1. The fourth-order valence-corrected chi connectivity index (χ4v) is 3.25. The monoisotopic (exact) mass is 232 g/mol. The fraction of sp³-hybridized carbons (Fsp3) is 0.538. The van der Waals surface area contributed by atoms with Gasteiger partial charge in [-0.05, 0) is 43.2 Å². The molecule has 2 N–H and O–H groups in total. The van der Waals surface area contributed by atoms with Crippen molar-refractivity contribution >= 4 is 11.8 Å². The third-order valence-electron chi connectivity index (χ3n) is 4.08. The normalized spacial score (nSPS) is 30.5. The number of fused-ring (bicyclic) bond motifs is 2. The molecule has 3 unspecified atom stereocenters. The molecule has 3 atom stereocenters. The molecule has 0 aromatic carbocycles. The number of rotatable bonds is 3. The molecule has 0 amide bonds. The molecule has 0 aliphatic heterocycles. The third-order valence-corrected chi connectivity index (χ3v) is 4.08. The molecule has 2 saturated carbocycles. The number of pyridine rings is 1. The summed E-state index contributed by atoms with van der Waals surface area (Å²) in [6.45, 7) is 0. The molecule has 4 nitrogen and oxygen atoms in total. The second-order valence-electron chi connectivity index (χ2n) is 5.16. The van der Waals surface area contributed by atoms with E-state index in [2.05, 4.69) is 10.3 Å². The molecular formula is C13H16N2O2. The average molecular weight is 232 g/mol. The first kappa shape index (κ1) is 10.6. The van der Waals surface area contributed by atoms with Gasteiger partial charge < -0.3 is 10.4 Å². The van der Waals surface area contributed by atoms with Gasteiger partial charge in [-0.1, -0.05) is 6.42 Å². The molecule has 2 bridgehead atoms. The minimum Gasteiger partial charge on any atom is -0.478 e. The number of nitrogens with one attached hydrogen (secondary N) is 1. The van der Waals surface area contributed by atoms with Crippen LogP contribution in [0.25, 0.3) is 0 Å². The number of carbonyl (C=O) groups is 1. The van der Waals surface area contributed by atoms with E-state index in [9.17, 15) is 4.79 Å². The van der Waals surface area contributed by atoms with E-state index in [-0.39, 0.29) is 0 Å². The molecule has 2 fully saturated rings. The lowest BCUT2D eigenvalue weighted by Crippen LogP contribution is -2.26. The Balaban J connectivity index is 1.73. The van der Waals surface area contributed by atoms with E-state index >= 15 is 0 Å². The van der Waals surface area contributed by atoms with E-state index in [0.717, 1.165) is 11.8 Å². The van der Waals surface area contributed by atoms with Gasteiger partial charge in [0.15, 0.2) is 0 Å². The minimum atomic E-state index is -0.900. The first-order chi connectivity index (χ1) is 8.22. The van der Waals surface area contributed by atoms with Crippen LogP contribution in [0.3, 0.4) is 0 Å². The van der Waals surface area contributed by atoms with Gasteiger partial charge in [0.2, 0.25) is 0 Å². The molecule has 0 radical (unpaired) electrons. The van der Waals surface area contributed by atoms with Crippen LogP contribution in [-0.2, 0) is 0 Å². The van der Waals surface area contributed by atoms with Gasteiger partial charge in [-0.25, -0.2) is 9.78 Å². The highest BCUT2D eigenvalue weighted by molar-refractivity contribution is 5.88. The molecule has 3 rings (SSSR count). The maximum Gasteiger partial charge on any atom is 0.335 e. The zero-order valence-corrected chi connectivity index (χ0v) is 9.60. The van der Waals surface area contributed by atoms with Crippen molar-refractivity contribution in [3.05, 3.63) is 23.9 Å².